The fourth-order valence-electron chi connectivity index (χ4n) is 3.18. The number of rotatable bonds is 5. The summed E-state index contributed by atoms with van der Waals surface area (Å²) in [4.78, 5) is 20.8. The predicted molar refractivity (Wildman–Crippen MR) is 109 cm³/mol. The number of ether oxygens (including phenoxy) is 2. The SMILES string of the molecule is O=C(NCc1ccc(S(=O)(=O)c2ccc3c(c2)OCO3)cc1)c1cnc2nccn2c1. The van der Waals surface area contributed by atoms with Crippen molar-refractivity contribution in [3.8, 4) is 11.5 Å². The van der Waals surface area contributed by atoms with Gasteiger partial charge in [-0.2, -0.15) is 0 Å². The number of aromatic nitrogens is 3. The highest BCUT2D eigenvalue weighted by Crippen LogP contribution is 2.35. The Bertz CT molecular complexity index is 1400. The second-order valence-electron chi connectivity index (χ2n) is 6.82. The topological polar surface area (TPSA) is 112 Å². The highest BCUT2D eigenvalue weighted by Gasteiger charge is 2.22. The van der Waals surface area contributed by atoms with Gasteiger partial charge in [-0.25, -0.2) is 18.4 Å². The molecule has 2 aromatic carbocycles. The van der Waals surface area contributed by atoms with E-state index in [0.717, 1.165) is 5.56 Å². The minimum Gasteiger partial charge on any atom is -0.454 e. The molecule has 0 atom stereocenters. The number of carbonyl (C=O) groups is 1. The first-order valence-corrected chi connectivity index (χ1v) is 10.8. The summed E-state index contributed by atoms with van der Waals surface area (Å²) in [5, 5.41) is 2.80. The van der Waals surface area contributed by atoms with Crippen LogP contribution in [0.2, 0.25) is 0 Å². The van der Waals surface area contributed by atoms with Crippen LogP contribution < -0.4 is 14.8 Å². The fraction of sp³-hybridized carbons (Fsp3) is 0.0952. The molecule has 1 aliphatic heterocycles. The minimum atomic E-state index is -3.71. The fourth-order valence-corrected chi connectivity index (χ4v) is 4.46. The van der Waals surface area contributed by atoms with Crippen molar-refractivity contribution in [2.45, 2.75) is 16.3 Å². The van der Waals surface area contributed by atoms with Crippen LogP contribution in [0.5, 0.6) is 11.5 Å². The zero-order valence-corrected chi connectivity index (χ0v) is 16.9. The van der Waals surface area contributed by atoms with Crippen LogP contribution in [-0.2, 0) is 16.4 Å². The first-order chi connectivity index (χ1) is 15.0. The minimum absolute atomic E-state index is 0.0749. The number of amides is 1. The Morgan fingerprint density at radius 1 is 1.03 bits per heavy atom. The number of fused-ring (bicyclic) bond motifs is 2. The van der Waals surface area contributed by atoms with E-state index in [9.17, 15) is 13.2 Å². The van der Waals surface area contributed by atoms with Gasteiger partial charge in [0.1, 0.15) is 0 Å². The van der Waals surface area contributed by atoms with E-state index >= 15 is 0 Å². The van der Waals surface area contributed by atoms with Crippen LogP contribution in [-0.4, -0.2) is 35.5 Å². The molecule has 0 radical (unpaired) electrons. The van der Waals surface area contributed by atoms with Crippen molar-refractivity contribution in [3.63, 3.8) is 0 Å². The van der Waals surface area contributed by atoms with E-state index in [0.29, 0.717) is 22.8 Å². The zero-order valence-electron chi connectivity index (χ0n) is 16.1. The van der Waals surface area contributed by atoms with Crippen LogP contribution in [0.1, 0.15) is 15.9 Å². The van der Waals surface area contributed by atoms with Gasteiger partial charge >= 0.3 is 0 Å². The summed E-state index contributed by atoms with van der Waals surface area (Å²) in [6.45, 7) is 0.316. The van der Waals surface area contributed by atoms with Gasteiger partial charge in [-0.15, -0.1) is 0 Å². The van der Waals surface area contributed by atoms with E-state index in [4.69, 9.17) is 9.47 Å². The molecule has 1 N–H and O–H groups in total. The van der Waals surface area contributed by atoms with E-state index in [1.807, 2.05) is 0 Å². The smallest absolute Gasteiger partial charge is 0.254 e. The Morgan fingerprint density at radius 2 is 1.81 bits per heavy atom. The second-order valence-corrected chi connectivity index (χ2v) is 8.77. The third-order valence-electron chi connectivity index (χ3n) is 4.85. The number of hydrogen-bond donors (Lipinski definition) is 1. The molecular weight excluding hydrogens is 420 g/mol. The first-order valence-electron chi connectivity index (χ1n) is 9.31. The van der Waals surface area contributed by atoms with Crippen molar-refractivity contribution >= 4 is 21.5 Å². The third-order valence-corrected chi connectivity index (χ3v) is 6.62. The van der Waals surface area contributed by atoms with Gasteiger partial charge in [0, 0.05) is 37.4 Å². The standard InChI is InChI=1S/C21H16N4O5S/c26-20(15-11-24-21-22-7-8-25(21)12-15)23-10-14-1-3-16(4-2-14)31(27,28)17-5-6-18-19(9-17)30-13-29-18/h1-9,11-12H,10,13H2,(H,23,26). The van der Waals surface area contributed by atoms with Gasteiger partial charge in [-0.1, -0.05) is 12.1 Å². The molecule has 0 saturated heterocycles. The van der Waals surface area contributed by atoms with Gasteiger partial charge in [-0.05, 0) is 29.8 Å². The lowest BCUT2D eigenvalue weighted by Crippen LogP contribution is -2.23. The molecule has 5 rings (SSSR count). The number of sulfone groups is 1. The van der Waals surface area contributed by atoms with Crippen molar-refractivity contribution in [1.82, 2.24) is 19.7 Å². The molecule has 31 heavy (non-hydrogen) atoms. The van der Waals surface area contributed by atoms with Crippen molar-refractivity contribution in [2.24, 2.45) is 0 Å². The number of nitrogens with zero attached hydrogens (tertiary/aromatic N) is 3. The van der Waals surface area contributed by atoms with Crippen LogP contribution in [0.25, 0.3) is 5.78 Å². The first kappa shape index (κ1) is 19.1. The van der Waals surface area contributed by atoms with Gasteiger partial charge in [0.15, 0.2) is 11.5 Å². The van der Waals surface area contributed by atoms with Crippen LogP contribution in [0, 0.1) is 0 Å². The van der Waals surface area contributed by atoms with Crippen LogP contribution in [0.4, 0.5) is 0 Å². The molecule has 156 valence electrons. The van der Waals surface area contributed by atoms with Crippen LogP contribution in [0.3, 0.4) is 0 Å². The Hall–Kier alpha value is -3.92. The molecule has 2 aromatic heterocycles. The Labute approximate surface area is 177 Å². The molecule has 0 unspecified atom stereocenters. The molecule has 9 nitrogen and oxygen atoms in total. The molecule has 0 aliphatic carbocycles. The third kappa shape index (κ3) is 3.57. The van der Waals surface area contributed by atoms with E-state index in [-0.39, 0.29) is 29.0 Å². The Morgan fingerprint density at radius 3 is 2.65 bits per heavy atom. The lowest BCUT2D eigenvalue weighted by molar-refractivity contribution is 0.0950. The Kier molecular flexibility index (Phi) is 4.55. The average molecular weight is 436 g/mol. The Balaban J connectivity index is 1.28. The highest BCUT2D eigenvalue weighted by molar-refractivity contribution is 7.91. The highest BCUT2D eigenvalue weighted by atomic mass is 32.2. The maximum atomic E-state index is 12.9. The maximum Gasteiger partial charge on any atom is 0.254 e. The van der Waals surface area contributed by atoms with Gasteiger partial charge in [0.25, 0.3) is 5.91 Å². The van der Waals surface area contributed by atoms with Crippen molar-refractivity contribution in [1.29, 1.82) is 0 Å². The normalized spacial score (nSPS) is 12.8. The molecule has 1 amide bonds. The average Bonchev–Trinajstić information content (AvgIpc) is 3.45. The van der Waals surface area contributed by atoms with Gasteiger partial charge in [0.05, 0.1) is 15.4 Å². The number of hydrogen-bond acceptors (Lipinski definition) is 7. The predicted octanol–water partition coefficient (Wildman–Crippen LogP) is 2.22. The number of nitrogens with one attached hydrogen (secondary N) is 1. The van der Waals surface area contributed by atoms with E-state index in [2.05, 4.69) is 15.3 Å². The number of carbonyl (C=O) groups excluding carboxylic acids is 1. The molecule has 4 aromatic rings. The summed E-state index contributed by atoms with van der Waals surface area (Å²) in [5.41, 5.74) is 1.15. The molecule has 0 fully saturated rings. The van der Waals surface area contributed by atoms with Gasteiger partial charge < -0.3 is 14.8 Å². The van der Waals surface area contributed by atoms with Crippen molar-refractivity contribution < 1.29 is 22.7 Å². The van der Waals surface area contributed by atoms with E-state index < -0.39 is 9.84 Å². The molecule has 0 saturated carbocycles. The largest absolute Gasteiger partial charge is 0.454 e. The van der Waals surface area contributed by atoms with Crippen molar-refractivity contribution in [2.75, 3.05) is 6.79 Å². The summed E-state index contributed by atoms with van der Waals surface area (Å²) in [6, 6.07) is 10.9. The molecule has 0 bridgehead atoms. The molecule has 0 spiro atoms. The van der Waals surface area contributed by atoms with Crippen molar-refractivity contribution in [3.05, 3.63) is 78.4 Å². The van der Waals surface area contributed by atoms with E-state index in [1.165, 1.54) is 30.5 Å². The van der Waals surface area contributed by atoms with E-state index in [1.54, 1.807) is 41.2 Å². The quantitative estimate of drug-likeness (QED) is 0.510. The summed E-state index contributed by atoms with van der Waals surface area (Å²) in [5.74, 6) is 1.15. The van der Waals surface area contributed by atoms with Crippen LogP contribution >= 0.6 is 0 Å². The van der Waals surface area contributed by atoms with Crippen LogP contribution in [0.15, 0.2) is 77.0 Å². The molecule has 3 heterocycles. The maximum absolute atomic E-state index is 12.9. The molecule has 1 aliphatic rings. The monoisotopic (exact) mass is 436 g/mol. The number of imidazole rings is 1. The lowest BCUT2D eigenvalue weighted by Gasteiger charge is -2.08. The lowest BCUT2D eigenvalue weighted by atomic mass is 10.2. The number of benzene rings is 2. The zero-order chi connectivity index (χ0) is 21.4. The second kappa shape index (κ2) is 7.40. The van der Waals surface area contributed by atoms with Gasteiger partial charge in [-0.3, -0.25) is 9.20 Å². The summed E-state index contributed by atoms with van der Waals surface area (Å²) < 4.78 is 37.9. The summed E-state index contributed by atoms with van der Waals surface area (Å²) >= 11 is 0. The molecule has 10 heteroatoms. The van der Waals surface area contributed by atoms with Gasteiger partial charge in [0.2, 0.25) is 22.4 Å². The molecular formula is C21H16N4O5S. The summed E-state index contributed by atoms with van der Waals surface area (Å²) in [6.07, 6.45) is 6.41. The summed E-state index contributed by atoms with van der Waals surface area (Å²) in [7, 11) is -3.71.